The molecule has 7 heteroatoms. The Labute approximate surface area is 91.2 Å². The van der Waals surface area contributed by atoms with Crippen LogP contribution in [0.4, 0.5) is 4.79 Å². The molecule has 1 aliphatic heterocycles. The van der Waals surface area contributed by atoms with Gasteiger partial charge in [-0.3, -0.25) is 0 Å². The number of hydrogen-bond acceptors (Lipinski definition) is 7. The van der Waals surface area contributed by atoms with E-state index in [0.29, 0.717) is 12.4 Å². The van der Waals surface area contributed by atoms with Crippen LogP contribution in [0.25, 0.3) is 0 Å². The van der Waals surface area contributed by atoms with Gasteiger partial charge in [-0.15, -0.1) is 11.8 Å². The number of esters is 1. The van der Waals surface area contributed by atoms with Crippen LogP contribution in [0.3, 0.4) is 0 Å². The molecule has 0 radical (unpaired) electrons. The predicted octanol–water partition coefficient (Wildman–Crippen LogP) is 0.748. The second kappa shape index (κ2) is 5.82. The van der Waals surface area contributed by atoms with E-state index < -0.39 is 23.9 Å². The normalized spacial score (nSPS) is 24.7. The maximum Gasteiger partial charge on any atom is 0.510 e. The minimum absolute atomic E-state index is 0.293. The van der Waals surface area contributed by atoms with Gasteiger partial charge in [0, 0.05) is 0 Å². The fraction of sp³-hybridized carbons (Fsp3) is 0.750. The van der Waals surface area contributed by atoms with E-state index in [1.54, 1.807) is 6.92 Å². The van der Waals surface area contributed by atoms with Gasteiger partial charge in [0.05, 0.1) is 19.5 Å². The van der Waals surface area contributed by atoms with Crippen molar-refractivity contribution in [1.29, 1.82) is 0 Å². The molecule has 0 bridgehead atoms. The first-order valence-corrected chi connectivity index (χ1v) is 5.40. The van der Waals surface area contributed by atoms with E-state index in [4.69, 9.17) is 14.2 Å². The lowest BCUT2D eigenvalue weighted by atomic mass is 10.7. The third-order valence-corrected chi connectivity index (χ3v) is 2.60. The molecular formula is C8H12O6S. The monoisotopic (exact) mass is 236 g/mol. The summed E-state index contributed by atoms with van der Waals surface area (Å²) in [5, 5.41) is 0. The van der Waals surface area contributed by atoms with Crippen LogP contribution in [0.15, 0.2) is 0 Å². The summed E-state index contributed by atoms with van der Waals surface area (Å²) < 4.78 is 18.9. The summed E-state index contributed by atoms with van der Waals surface area (Å²) in [6.45, 7) is 2.00. The van der Waals surface area contributed by atoms with Crippen molar-refractivity contribution in [1.82, 2.24) is 0 Å². The Bertz CT molecular complexity index is 243. The molecule has 1 aliphatic rings. The molecule has 0 aromatic carbocycles. The molecule has 2 atom stereocenters. The van der Waals surface area contributed by atoms with Crippen molar-refractivity contribution in [2.45, 2.75) is 18.6 Å². The van der Waals surface area contributed by atoms with Gasteiger partial charge in [-0.05, 0) is 6.92 Å². The Morgan fingerprint density at radius 2 is 2.27 bits per heavy atom. The molecule has 0 amide bonds. The van der Waals surface area contributed by atoms with Crippen LogP contribution in [0.5, 0.6) is 0 Å². The summed E-state index contributed by atoms with van der Waals surface area (Å²) in [4.78, 5) is 21.9. The fourth-order valence-electron chi connectivity index (χ4n) is 0.934. The maximum atomic E-state index is 11.2. The molecule has 0 unspecified atom stereocenters. The predicted molar refractivity (Wildman–Crippen MR) is 51.2 cm³/mol. The highest BCUT2D eigenvalue weighted by atomic mass is 32.2. The van der Waals surface area contributed by atoms with Gasteiger partial charge in [0.25, 0.3) is 0 Å². The lowest BCUT2D eigenvalue weighted by Gasteiger charge is -2.11. The minimum atomic E-state index is -0.829. The Kier molecular flexibility index (Phi) is 4.70. The van der Waals surface area contributed by atoms with Gasteiger partial charge in [0.2, 0.25) is 11.7 Å². The summed E-state index contributed by atoms with van der Waals surface area (Å²) in [6, 6.07) is 0. The number of carbonyl (C=O) groups is 2. The summed E-state index contributed by atoms with van der Waals surface area (Å²) >= 11 is 1.22. The largest absolute Gasteiger partial charge is 0.510 e. The molecular weight excluding hydrogens is 224 g/mol. The van der Waals surface area contributed by atoms with E-state index in [1.807, 2.05) is 0 Å². The van der Waals surface area contributed by atoms with Gasteiger partial charge < -0.3 is 18.9 Å². The molecule has 0 aromatic heterocycles. The highest BCUT2D eigenvalue weighted by Crippen LogP contribution is 2.26. The van der Waals surface area contributed by atoms with Gasteiger partial charge in [-0.1, -0.05) is 0 Å². The smallest absolute Gasteiger partial charge is 0.463 e. The van der Waals surface area contributed by atoms with Crippen molar-refractivity contribution in [3.05, 3.63) is 0 Å². The minimum Gasteiger partial charge on any atom is -0.463 e. The van der Waals surface area contributed by atoms with Crippen LogP contribution in [0, 0.1) is 0 Å². The second-order valence-electron chi connectivity index (χ2n) is 2.55. The summed E-state index contributed by atoms with van der Waals surface area (Å²) in [5.74, 6) is -0.0723. The van der Waals surface area contributed by atoms with E-state index in [-0.39, 0.29) is 0 Å². The third kappa shape index (κ3) is 3.60. The molecule has 15 heavy (non-hydrogen) atoms. The molecule has 1 heterocycles. The van der Waals surface area contributed by atoms with Crippen molar-refractivity contribution >= 4 is 23.9 Å². The highest BCUT2D eigenvalue weighted by molar-refractivity contribution is 8.00. The molecule has 6 nitrogen and oxygen atoms in total. The molecule has 0 saturated carbocycles. The van der Waals surface area contributed by atoms with Crippen LogP contribution < -0.4 is 0 Å². The van der Waals surface area contributed by atoms with Crippen LogP contribution in [-0.4, -0.2) is 43.3 Å². The van der Waals surface area contributed by atoms with E-state index in [0.717, 1.165) is 0 Å². The number of methoxy groups -OCH3 is 1. The van der Waals surface area contributed by atoms with Crippen LogP contribution in [0.1, 0.15) is 6.92 Å². The zero-order valence-corrected chi connectivity index (χ0v) is 9.24. The van der Waals surface area contributed by atoms with E-state index in [9.17, 15) is 9.59 Å². The quantitative estimate of drug-likeness (QED) is 0.669. The fourth-order valence-corrected chi connectivity index (χ4v) is 1.82. The van der Waals surface area contributed by atoms with Gasteiger partial charge >= 0.3 is 12.1 Å². The van der Waals surface area contributed by atoms with Gasteiger partial charge in [0.1, 0.15) is 0 Å². The lowest BCUT2D eigenvalue weighted by Crippen LogP contribution is -2.25. The average Bonchev–Trinajstić information content (AvgIpc) is 2.66. The Balaban J connectivity index is 2.32. The molecule has 0 spiro atoms. The lowest BCUT2D eigenvalue weighted by molar-refractivity contribution is -0.162. The SMILES string of the molecule is CCOC(=O)[C@@H]1O[C@@H](OC(=O)OC)CS1. The van der Waals surface area contributed by atoms with Gasteiger partial charge in [0.15, 0.2) is 0 Å². The van der Waals surface area contributed by atoms with Crippen molar-refractivity contribution in [3.8, 4) is 0 Å². The molecule has 1 saturated heterocycles. The maximum absolute atomic E-state index is 11.2. The highest BCUT2D eigenvalue weighted by Gasteiger charge is 2.34. The molecule has 1 rings (SSSR count). The van der Waals surface area contributed by atoms with Crippen molar-refractivity contribution in [2.75, 3.05) is 19.5 Å². The molecule has 0 aromatic rings. The zero-order chi connectivity index (χ0) is 11.3. The molecule has 86 valence electrons. The second-order valence-corrected chi connectivity index (χ2v) is 3.65. The number of thioether (sulfide) groups is 1. The number of rotatable bonds is 3. The van der Waals surface area contributed by atoms with Crippen LogP contribution in [-0.2, 0) is 23.7 Å². The van der Waals surface area contributed by atoms with Crippen molar-refractivity contribution < 1.29 is 28.5 Å². The number of carbonyl (C=O) groups excluding carboxylic acids is 2. The standard InChI is InChI=1S/C8H12O6S/c1-3-12-6(9)7-13-5(4-15-7)14-8(10)11-2/h5,7H,3-4H2,1-2H3/t5-,7+/m0/s1. The summed E-state index contributed by atoms with van der Waals surface area (Å²) in [6.07, 6.45) is -1.58. The summed E-state index contributed by atoms with van der Waals surface area (Å²) in [5.41, 5.74) is -0.723. The first kappa shape index (κ1) is 12.1. The number of ether oxygens (including phenoxy) is 4. The van der Waals surface area contributed by atoms with Crippen molar-refractivity contribution in [3.63, 3.8) is 0 Å². The van der Waals surface area contributed by atoms with Gasteiger partial charge in [-0.2, -0.15) is 0 Å². The first-order valence-electron chi connectivity index (χ1n) is 4.35. The molecule has 0 aliphatic carbocycles. The first-order chi connectivity index (χ1) is 7.17. The van der Waals surface area contributed by atoms with E-state index in [2.05, 4.69) is 4.74 Å². The number of hydrogen-bond donors (Lipinski definition) is 0. The Morgan fingerprint density at radius 1 is 1.53 bits per heavy atom. The average molecular weight is 236 g/mol. The van der Waals surface area contributed by atoms with E-state index in [1.165, 1.54) is 18.9 Å². The van der Waals surface area contributed by atoms with Crippen LogP contribution >= 0.6 is 11.8 Å². The van der Waals surface area contributed by atoms with Crippen LogP contribution in [0.2, 0.25) is 0 Å². The topological polar surface area (TPSA) is 71.1 Å². The van der Waals surface area contributed by atoms with Crippen molar-refractivity contribution in [2.24, 2.45) is 0 Å². The third-order valence-electron chi connectivity index (χ3n) is 1.53. The molecule has 0 N–H and O–H groups in total. The molecule has 1 fully saturated rings. The van der Waals surface area contributed by atoms with Gasteiger partial charge in [-0.25, -0.2) is 9.59 Å². The zero-order valence-electron chi connectivity index (χ0n) is 8.43. The van der Waals surface area contributed by atoms with E-state index >= 15 is 0 Å². The summed E-state index contributed by atoms with van der Waals surface area (Å²) in [7, 11) is 1.20. The Morgan fingerprint density at radius 3 is 2.87 bits per heavy atom. The Hall–Kier alpha value is -0.950.